The summed E-state index contributed by atoms with van der Waals surface area (Å²) in [5.41, 5.74) is 2.01. The molecular formula is C15H20ClN3O3. The van der Waals surface area contributed by atoms with Gasteiger partial charge in [0.25, 0.3) is 0 Å². The van der Waals surface area contributed by atoms with Gasteiger partial charge in [0.1, 0.15) is 6.04 Å². The minimum absolute atomic E-state index is 0. The molecule has 1 atom stereocenters. The van der Waals surface area contributed by atoms with Crippen LogP contribution in [0, 0.1) is 0 Å². The highest BCUT2D eigenvalue weighted by molar-refractivity contribution is 6.01. The lowest BCUT2D eigenvalue weighted by atomic mass is 10.2. The van der Waals surface area contributed by atoms with E-state index in [9.17, 15) is 9.59 Å². The third-order valence-electron chi connectivity index (χ3n) is 3.80. The van der Waals surface area contributed by atoms with E-state index in [0.29, 0.717) is 39.3 Å². The third-order valence-corrected chi connectivity index (χ3v) is 3.80. The van der Waals surface area contributed by atoms with Crippen LogP contribution in [0.15, 0.2) is 24.3 Å². The van der Waals surface area contributed by atoms with E-state index in [2.05, 4.69) is 10.6 Å². The summed E-state index contributed by atoms with van der Waals surface area (Å²) < 4.78 is 5.26. The summed E-state index contributed by atoms with van der Waals surface area (Å²) in [7, 11) is 0. The molecule has 6 nitrogen and oxygen atoms in total. The Bertz CT molecular complexity index is 547. The number of hydrogen-bond acceptors (Lipinski definition) is 4. The van der Waals surface area contributed by atoms with E-state index < -0.39 is 0 Å². The Kier molecular flexibility index (Phi) is 5.76. The predicted octanol–water partition coefficient (Wildman–Crippen LogP) is 0.102. The van der Waals surface area contributed by atoms with Crippen molar-refractivity contribution in [3.8, 4) is 0 Å². The van der Waals surface area contributed by atoms with Gasteiger partial charge in [-0.25, -0.2) is 0 Å². The zero-order valence-electron chi connectivity index (χ0n) is 12.2. The number of carbonyl (C=O) groups is 2. The van der Waals surface area contributed by atoms with Gasteiger partial charge in [0, 0.05) is 25.3 Å². The van der Waals surface area contributed by atoms with Crippen LogP contribution < -0.4 is 15.5 Å². The summed E-state index contributed by atoms with van der Waals surface area (Å²) in [6.45, 7) is 2.67. The van der Waals surface area contributed by atoms with E-state index in [1.54, 1.807) is 4.90 Å². The number of ether oxygens (including phenoxy) is 1. The number of hydrogen-bond donors (Lipinski definition) is 2. The molecule has 2 amide bonds. The lowest BCUT2D eigenvalue weighted by Gasteiger charge is -2.23. The van der Waals surface area contributed by atoms with E-state index in [1.165, 1.54) is 0 Å². The van der Waals surface area contributed by atoms with Gasteiger partial charge >= 0.3 is 0 Å². The first-order valence-corrected chi connectivity index (χ1v) is 7.23. The summed E-state index contributed by atoms with van der Waals surface area (Å²) in [4.78, 5) is 25.7. The minimum Gasteiger partial charge on any atom is -0.378 e. The largest absolute Gasteiger partial charge is 0.378 e. The second kappa shape index (κ2) is 7.58. The molecule has 7 heteroatoms. The summed E-state index contributed by atoms with van der Waals surface area (Å²) >= 11 is 0. The first-order valence-electron chi connectivity index (χ1n) is 7.23. The molecule has 3 rings (SSSR count). The van der Waals surface area contributed by atoms with Gasteiger partial charge in [-0.05, 0) is 11.6 Å². The topological polar surface area (TPSA) is 70.7 Å². The standard InChI is InChI=1S/C15H19N3O3.ClH/c19-14-9-11-3-1-2-4-13(11)18(14)7-5-17-15(20)12-10-21-8-6-16-12;/h1-4,12,16H,5-10H2,(H,17,20);1H. The zero-order valence-corrected chi connectivity index (χ0v) is 13.0. The van der Waals surface area contributed by atoms with E-state index >= 15 is 0 Å². The van der Waals surface area contributed by atoms with Gasteiger partial charge in [-0.1, -0.05) is 18.2 Å². The third kappa shape index (κ3) is 3.58. The number of amides is 2. The molecule has 2 heterocycles. The maximum Gasteiger partial charge on any atom is 0.239 e. The number of halogens is 1. The van der Waals surface area contributed by atoms with E-state index in [4.69, 9.17) is 4.74 Å². The number of carbonyl (C=O) groups excluding carboxylic acids is 2. The highest BCUT2D eigenvalue weighted by Crippen LogP contribution is 2.27. The molecule has 0 saturated carbocycles. The van der Waals surface area contributed by atoms with Crippen molar-refractivity contribution < 1.29 is 14.3 Å². The first-order chi connectivity index (χ1) is 10.3. The van der Waals surface area contributed by atoms with Gasteiger partial charge in [-0.3, -0.25) is 9.59 Å². The van der Waals surface area contributed by atoms with Gasteiger partial charge in [-0.2, -0.15) is 0 Å². The molecule has 0 aromatic heterocycles. The SMILES string of the molecule is Cl.O=C(NCCN1C(=O)Cc2ccccc21)C1COCCN1. The molecule has 1 aromatic carbocycles. The van der Waals surface area contributed by atoms with E-state index in [-0.39, 0.29) is 30.3 Å². The number of nitrogens with one attached hydrogen (secondary N) is 2. The monoisotopic (exact) mass is 325 g/mol. The highest BCUT2D eigenvalue weighted by atomic mass is 35.5. The van der Waals surface area contributed by atoms with Crippen LogP contribution in [0.25, 0.3) is 0 Å². The molecule has 0 spiro atoms. The van der Waals surface area contributed by atoms with Gasteiger partial charge < -0.3 is 20.3 Å². The fraction of sp³-hybridized carbons (Fsp3) is 0.467. The number of rotatable bonds is 4. The Labute approximate surface area is 135 Å². The number of morpholine rings is 1. The lowest BCUT2D eigenvalue weighted by Crippen LogP contribution is -2.52. The van der Waals surface area contributed by atoms with Crippen LogP contribution in [0.2, 0.25) is 0 Å². The number of nitrogens with zero attached hydrogens (tertiary/aromatic N) is 1. The van der Waals surface area contributed by atoms with Crippen LogP contribution >= 0.6 is 12.4 Å². The molecule has 2 N–H and O–H groups in total. The van der Waals surface area contributed by atoms with Crippen LogP contribution in [-0.2, 0) is 20.7 Å². The van der Waals surface area contributed by atoms with Gasteiger partial charge in [-0.15, -0.1) is 12.4 Å². The average Bonchev–Trinajstić information content (AvgIpc) is 2.84. The molecule has 2 aliphatic rings. The summed E-state index contributed by atoms with van der Waals surface area (Å²) in [6.07, 6.45) is 0.447. The number of benzene rings is 1. The van der Waals surface area contributed by atoms with Crippen molar-refractivity contribution in [1.29, 1.82) is 0 Å². The van der Waals surface area contributed by atoms with Crippen molar-refractivity contribution in [2.24, 2.45) is 0 Å². The molecule has 22 heavy (non-hydrogen) atoms. The van der Waals surface area contributed by atoms with Crippen molar-refractivity contribution in [2.75, 3.05) is 37.7 Å². The van der Waals surface area contributed by atoms with Crippen molar-refractivity contribution in [3.05, 3.63) is 29.8 Å². The molecule has 120 valence electrons. The van der Waals surface area contributed by atoms with Crippen LogP contribution in [0.4, 0.5) is 5.69 Å². The van der Waals surface area contributed by atoms with Gasteiger partial charge in [0.05, 0.1) is 19.6 Å². The van der Waals surface area contributed by atoms with E-state index in [0.717, 1.165) is 11.3 Å². The Morgan fingerprint density at radius 1 is 1.41 bits per heavy atom. The maximum atomic E-state index is 12.0. The summed E-state index contributed by atoms with van der Waals surface area (Å²) in [5.74, 6) is 0.0132. The number of para-hydroxylation sites is 1. The molecule has 1 saturated heterocycles. The van der Waals surface area contributed by atoms with Crippen molar-refractivity contribution in [2.45, 2.75) is 12.5 Å². The van der Waals surface area contributed by atoms with Crippen molar-refractivity contribution >= 4 is 29.9 Å². The second-order valence-corrected chi connectivity index (χ2v) is 5.22. The van der Waals surface area contributed by atoms with Gasteiger partial charge in [0.15, 0.2) is 0 Å². The predicted molar refractivity (Wildman–Crippen MR) is 85.4 cm³/mol. The Hall–Kier alpha value is -1.63. The van der Waals surface area contributed by atoms with Crippen LogP contribution in [0.3, 0.4) is 0 Å². The molecule has 1 fully saturated rings. The maximum absolute atomic E-state index is 12.0. The first kappa shape index (κ1) is 16.7. The molecule has 1 aromatic rings. The van der Waals surface area contributed by atoms with Crippen LogP contribution in [0.1, 0.15) is 5.56 Å². The van der Waals surface area contributed by atoms with Crippen molar-refractivity contribution in [1.82, 2.24) is 10.6 Å². The fourth-order valence-electron chi connectivity index (χ4n) is 2.71. The van der Waals surface area contributed by atoms with Crippen LogP contribution in [-0.4, -0.2) is 50.7 Å². The van der Waals surface area contributed by atoms with E-state index in [1.807, 2.05) is 24.3 Å². The second-order valence-electron chi connectivity index (χ2n) is 5.22. The normalized spacial score (nSPS) is 20.3. The lowest BCUT2D eigenvalue weighted by molar-refractivity contribution is -0.126. The van der Waals surface area contributed by atoms with Crippen molar-refractivity contribution in [3.63, 3.8) is 0 Å². The Morgan fingerprint density at radius 3 is 3.00 bits per heavy atom. The summed E-state index contributed by atoms with van der Waals surface area (Å²) in [6, 6.07) is 7.48. The number of anilines is 1. The molecule has 2 aliphatic heterocycles. The fourth-order valence-corrected chi connectivity index (χ4v) is 2.71. The zero-order chi connectivity index (χ0) is 14.7. The van der Waals surface area contributed by atoms with Gasteiger partial charge in [0.2, 0.25) is 11.8 Å². The average molecular weight is 326 g/mol. The highest BCUT2D eigenvalue weighted by Gasteiger charge is 2.27. The summed E-state index contributed by atoms with van der Waals surface area (Å²) in [5, 5.41) is 5.96. The molecule has 0 aliphatic carbocycles. The molecule has 1 unspecified atom stereocenters. The molecule has 0 radical (unpaired) electrons. The Balaban J connectivity index is 0.00000176. The Morgan fingerprint density at radius 2 is 2.23 bits per heavy atom. The minimum atomic E-state index is -0.291. The number of fused-ring (bicyclic) bond motifs is 1. The molecule has 0 bridgehead atoms. The molecular weight excluding hydrogens is 306 g/mol. The quantitative estimate of drug-likeness (QED) is 0.824. The van der Waals surface area contributed by atoms with Crippen LogP contribution in [0.5, 0.6) is 0 Å². The smallest absolute Gasteiger partial charge is 0.239 e.